The topological polar surface area (TPSA) is 86.3 Å². The molecule has 5 nitrogen and oxygen atoms in total. The number of rotatable bonds is 21. The van der Waals surface area contributed by atoms with Gasteiger partial charge in [-0.15, -0.1) is 0 Å². The molecule has 28 heavy (non-hydrogen) atoms. The average Bonchev–Trinajstić information content (AvgIpc) is 2.60. The second-order valence-electron chi connectivity index (χ2n) is 7.64. The molecule has 0 aromatic heterocycles. The molecule has 0 rings (SSSR count). The van der Waals surface area contributed by atoms with Gasteiger partial charge >= 0.3 is 51.4 Å². The first-order chi connectivity index (χ1) is 13.0. The van der Waals surface area contributed by atoms with E-state index in [-0.39, 0.29) is 70.1 Å². The maximum Gasteiger partial charge on any atom is 1.00 e. The normalized spacial score (nSPS) is 11.3. The third kappa shape index (κ3) is 25.1. The molecule has 0 radical (unpaired) electrons. The first kappa shape index (κ1) is 31.2. The van der Waals surface area contributed by atoms with Crippen LogP contribution >= 0.6 is 0 Å². The van der Waals surface area contributed by atoms with Gasteiger partial charge in [0.2, 0.25) is 10.0 Å². The molecule has 0 heterocycles. The Labute approximate surface area is 216 Å². The molecule has 0 saturated carbocycles. The molecule has 0 atom stereocenters. The van der Waals surface area contributed by atoms with E-state index in [2.05, 4.69) is 11.6 Å². The van der Waals surface area contributed by atoms with Crippen LogP contribution in [0.1, 0.15) is 116 Å². The van der Waals surface area contributed by atoms with E-state index in [1.54, 1.807) is 0 Å². The van der Waals surface area contributed by atoms with Crippen molar-refractivity contribution in [3.8, 4) is 0 Å². The molecule has 0 aromatic rings. The number of unbranched alkanes of at least 4 members (excludes halogenated alkanes) is 15. The number of carboxylic acids is 1. The smallest absolute Gasteiger partial charge is 0.550 e. The van der Waals surface area contributed by atoms with Crippen LogP contribution in [0.2, 0.25) is 0 Å². The Bertz CT molecular complexity index is 444. The number of sulfonamides is 1. The monoisotopic (exact) mass is 443 g/mol. The molecule has 0 saturated heterocycles. The largest absolute Gasteiger partial charge is 1.00 e. The third-order valence-electron chi connectivity index (χ3n) is 4.92. The van der Waals surface area contributed by atoms with Crippen molar-refractivity contribution in [3.05, 3.63) is 0 Å². The van der Waals surface area contributed by atoms with Crippen LogP contribution in [0.4, 0.5) is 0 Å². The van der Waals surface area contributed by atoms with Gasteiger partial charge in [0.05, 0.1) is 5.75 Å². The van der Waals surface area contributed by atoms with Crippen LogP contribution in [-0.2, 0) is 14.8 Å². The first-order valence-corrected chi connectivity index (χ1v) is 12.8. The summed E-state index contributed by atoms with van der Waals surface area (Å²) in [5.41, 5.74) is 0. The minimum atomic E-state index is -3.34. The number of aliphatic carboxylic acids is 1. The van der Waals surface area contributed by atoms with Gasteiger partial charge in [-0.05, 0) is 6.42 Å². The molecule has 162 valence electrons. The summed E-state index contributed by atoms with van der Waals surface area (Å²) in [6.45, 7) is 2.18. The van der Waals surface area contributed by atoms with E-state index in [0.717, 1.165) is 12.8 Å². The fourth-order valence-electron chi connectivity index (χ4n) is 3.22. The van der Waals surface area contributed by atoms with Gasteiger partial charge in [0.25, 0.3) is 0 Å². The van der Waals surface area contributed by atoms with E-state index in [1.165, 1.54) is 83.5 Å². The standard InChI is InChI=1S/C21H43NO4S.K/c1-2-3-4-5-6-7-8-9-10-11-12-13-14-15-16-17-20-27(25,26)22-19-18-21(23)24;/h22H,2-20H2,1H3,(H,23,24);/q;+1/p-1. The molecule has 0 fully saturated rings. The summed E-state index contributed by atoms with van der Waals surface area (Å²) in [6.07, 6.45) is 19.8. The van der Waals surface area contributed by atoms with Gasteiger partial charge in [0.1, 0.15) is 0 Å². The average molecular weight is 444 g/mol. The number of carboxylic acid groups (broad SMARTS) is 1. The van der Waals surface area contributed by atoms with Crippen molar-refractivity contribution in [1.82, 2.24) is 4.72 Å². The summed E-state index contributed by atoms with van der Waals surface area (Å²) >= 11 is 0. The summed E-state index contributed by atoms with van der Waals surface area (Å²) in [5.74, 6) is -1.15. The number of hydrogen-bond acceptors (Lipinski definition) is 4. The number of hydrogen-bond donors (Lipinski definition) is 1. The Balaban J connectivity index is 0. The molecule has 0 aromatic carbocycles. The first-order valence-electron chi connectivity index (χ1n) is 11.1. The summed E-state index contributed by atoms with van der Waals surface area (Å²) in [6, 6.07) is 0. The molecule has 0 unspecified atom stereocenters. The van der Waals surface area contributed by atoms with Gasteiger partial charge in [0.15, 0.2) is 0 Å². The van der Waals surface area contributed by atoms with Crippen molar-refractivity contribution in [1.29, 1.82) is 0 Å². The van der Waals surface area contributed by atoms with Crippen molar-refractivity contribution in [2.75, 3.05) is 12.3 Å². The van der Waals surface area contributed by atoms with E-state index >= 15 is 0 Å². The minimum Gasteiger partial charge on any atom is -0.550 e. The molecule has 0 amide bonds. The third-order valence-corrected chi connectivity index (χ3v) is 6.39. The van der Waals surface area contributed by atoms with Crippen molar-refractivity contribution < 1.29 is 69.7 Å². The fourth-order valence-corrected chi connectivity index (χ4v) is 4.36. The van der Waals surface area contributed by atoms with Crippen LogP contribution < -0.4 is 61.2 Å². The summed E-state index contributed by atoms with van der Waals surface area (Å²) in [4.78, 5) is 10.3. The Morgan fingerprint density at radius 3 is 1.43 bits per heavy atom. The zero-order chi connectivity index (χ0) is 20.2. The second kappa shape index (κ2) is 22.7. The van der Waals surface area contributed by atoms with Crippen molar-refractivity contribution in [3.63, 3.8) is 0 Å². The quantitative estimate of drug-likeness (QED) is 0.214. The van der Waals surface area contributed by atoms with E-state index in [0.29, 0.717) is 6.42 Å². The maximum absolute atomic E-state index is 11.6. The molecule has 7 heteroatoms. The maximum atomic E-state index is 11.6. The summed E-state index contributed by atoms with van der Waals surface area (Å²) in [5, 5.41) is 10.3. The molecular formula is C21H42KNO4S. The predicted octanol–water partition coefficient (Wildman–Crippen LogP) is 1.31. The van der Waals surface area contributed by atoms with Crippen molar-refractivity contribution in [2.45, 2.75) is 116 Å². The molecule has 0 aliphatic carbocycles. The van der Waals surface area contributed by atoms with Crippen LogP contribution in [0, 0.1) is 0 Å². The second-order valence-corrected chi connectivity index (χ2v) is 9.56. The Morgan fingerprint density at radius 2 is 1.07 bits per heavy atom. The van der Waals surface area contributed by atoms with Crippen molar-refractivity contribution >= 4 is 16.0 Å². The van der Waals surface area contributed by atoms with Crippen LogP contribution in [0.25, 0.3) is 0 Å². The van der Waals surface area contributed by atoms with Crippen molar-refractivity contribution in [2.24, 2.45) is 0 Å². The van der Waals surface area contributed by atoms with E-state index < -0.39 is 16.0 Å². The molecule has 0 spiro atoms. The van der Waals surface area contributed by atoms with E-state index in [1.807, 2.05) is 0 Å². The van der Waals surface area contributed by atoms with Crippen LogP contribution in [0.5, 0.6) is 0 Å². The molecule has 0 aliphatic rings. The fraction of sp³-hybridized carbons (Fsp3) is 0.952. The number of nitrogens with one attached hydrogen (secondary N) is 1. The van der Waals surface area contributed by atoms with Crippen LogP contribution in [0.3, 0.4) is 0 Å². The van der Waals surface area contributed by atoms with Gasteiger partial charge in [0, 0.05) is 18.9 Å². The molecule has 0 bridgehead atoms. The minimum absolute atomic E-state index is 0. The Kier molecular flexibility index (Phi) is 25.3. The van der Waals surface area contributed by atoms with Gasteiger partial charge in [-0.3, -0.25) is 0 Å². The Morgan fingerprint density at radius 1 is 0.714 bits per heavy atom. The zero-order valence-corrected chi connectivity index (χ0v) is 22.4. The van der Waals surface area contributed by atoms with Gasteiger partial charge in [-0.1, -0.05) is 103 Å². The van der Waals surface area contributed by atoms with E-state index in [4.69, 9.17) is 0 Å². The number of carbonyl (C=O) groups is 1. The summed E-state index contributed by atoms with van der Waals surface area (Å²) < 4.78 is 25.6. The van der Waals surface area contributed by atoms with Gasteiger partial charge in [-0.25, -0.2) is 13.1 Å². The van der Waals surface area contributed by atoms with Crippen LogP contribution in [0.15, 0.2) is 0 Å². The zero-order valence-electron chi connectivity index (χ0n) is 18.5. The van der Waals surface area contributed by atoms with Gasteiger partial charge < -0.3 is 9.90 Å². The van der Waals surface area contributed by atoms with E-state index in [9.17, 15) is 18.3 Å². The molecular weight excluding hydrogens is 401 g/mol. The number of carbonyl (C=O) groups excluding carboxylic acids is 1. The molecule has 1 N–H and O–H groups in total. The Hall–Kier alpha value is 1.02. The SMILES string of the molecule is CCCCCCCCCCCCCCCCCCS(=O)(=O)NCCC(=O)[O-].[K+]. The predicted molar refractivity (Wildman–Crippen MR) is 111 cm³/mol. The molecule has 0 aliphatic heterocycles. The summed E-state index contributed by atoms with van der Waals surface area (Å²) in [7, 11) is -3.34. The van der Waals surface area contributed by atoms with Crippen LogP contribution in [-0.4, -0.2) is 26.7 Å². The van der Waals surface area contributed by atoms with Gasteiger partial charge in [-0.2, -0.15) is 0 Å².